The minimum atomic E-state index is 0.323. The summed E-state index contributed by atoms with van der Waals surface area (Å²) < 4.78 is 1.21. The van der Waals surface area contributed by atoms with Crippen LogP contribution in [0.3, 0.4) is 0 Å². The van der Waals surface area contributed by atoms with E-state index < -0.39 is 0 Å². The van der Waals surface area contributed by atoms with E-state index in [4.69, 9.17) is 0 Å². The lowest BCUT2D eigenvalue weighted by Crippen LogP contribution is -2.16. The minimum absolute atomic E-state index is 0.323. The first-order valence-electron chi connectivity index (χ1n) is 4.34. The summed E-state index contributed by atoms with van der Waals surface area (Å²) in [5, 5.41) is 1.03. The van der Waals surface area contributed by atoms with Gasteiger partial charge in [0, 0.05) is 9.80 Å². The second-order valence-corrected chi connectivity index (χ2v) is 5.48. The molecule has 0 heterocycles. The van der Waals surface area contributed by atoms with Crippen LogP contribution in [0.15, 0.2) is 28.7 Å². The summed E-state index contributed by atoms with van der Waals surface area (Å²) in [6.07, 6.45) is 1.10. The molecule has 0 fully saturated rings. The quantitative estimate of drug-likeness (QED) is 0.726. The standard InChI is InChI=1S/C11H14Br2/c1-11(2,8-12)7-9-5-3-4-6-10(9)13/h3-6H,7-8H2,1-2H3. The van der Waals surface area contributed by atoms with Gasteiger partial charge < -0.3 is 0 Å². The Labute approximate surface area is 97.0 Å². The van der Waals surface area contributed by atoms with Crippen molar-refractivity contribution in [3.8, 4) is 0 Å². The van der Waals surface area contributed by atoms with E-state index in [9.17, 15) is 0 Å². The lowest BCUT2D eigenvalue weighted by atomic mass is 9.88. The Morgan fingerprint density at radius 2 is 1.85 bits per heavy atom. The number of halogens is 2. The van der Waals surface area contributed by atoms with Crippen LogP contribution in [0.4, 0.5) is 0 Å². The summed E-state index contributed by atoms with van der Waals surface area (Å²) in [5.41, 5.74) is 1.70. The van der Waals surface area contributed by atoms with Crippen LogP contribution in [0.5, 0.6) is 0 Å². The molecule has 2 heteroatoms. The lowest BCUT2D eigenvalue weighted by molar-refractivity contribution is 0.424. The van der Waals surface area contributed by atoms with Gasteiger partial charge in [0.05, 0.1) is 0 Å². The molecule has 0 aromatic heterocycles. The van der Waals surface area contributed by atoms with Crippen LogP contribution in [0.1, 0.15) is 19.4 Å². The summed E-state index contributed by atoms with van der Waals surface area (Å²) in [7, 11) is 0. The first-order chi connectivity index (χ1) is 6.05. The summed E-state index contributed by atoms with van der Waals surface area (Å²) in [5.74, 6) is 0. The fourth-order valence-corrected chi connectivity index (χ4v) is 1.83. The third-order valence-electron chi connectivity index (χ3n) is 1.99. The van der Waals surface area contributed by atoms with Crippen molar-refractivity contribution >= 4 is 31.9 Å². The highest BCUT2D eigenvalue weighted by molar-refractivity contribution is 9.10. The molecule has 0 radical (unpaired) electrons. The summed E-state index contributed by atoms with van der Waals surface area (Å²) >= 11 is 7.10. The molecule has 1 aromatic carbocycles. The second kappa shape index (κ2) is 4.61. The molecule has 0 saturated carbocycles. The SMILES string of the molecule is CC(C)(CBr)Cc1ccccc1Br. The van der Waals surface area contributed by atoms with Gasteiger partial charge in [0.2, 0.25) is 0 Å². The fourth-order valence-electron chi connectivity index (χ4n) is 1.20. The van der Waals surface area contributed by atoms with Crippen LogP contribution < -0.4 is 0 Å². The molecule has 1 aromatic rings. The normalized spacial score (nSPS) is 11.7. The average Bonchev–Trinajstić information content (AvgIpc) is 2.09. The average molecular weight is 306 g/mol. The van der Waals surface area contributed by atoms with Gasteiger partial charge in [-0.05, 0) is 23.5 Å². The lowest BCUT2D eigenvalue weighted by Gasteiger charge is -2.22. The van der Waals surface area contributed by atoms with Crippen LogP contribution in [-0.2, 0) is 6.42 Å². The number of alkyl halides is 1. The largest absolute Gasteiger partial charge is 0.0922 e. The van der Waals surface area contributed by atoms with Crippen LogP contribution in [-0.4, -0.2) is 5.33 Å². The third kappa shape index (κ3) is 3.43. The van der Waals surface area contributed by atoms with E-state index in [1.54, 1.807) is 0 Å². The van der Waals surface area contributed by atoms with Gasteiger partial charge in [-0.3, -0.25) is 0 Å². The molecule has 0 aliphatic carbocycles. The molecule has 0 saturated heterocycles. The van der Waals surface area contributed by atoms with Gasteiger partial charge in [0.1, 0.15) is 0 Å². The van der Waals surface area contributed by atoms with E-state index in [1.807, 2.05) is 0 Å². The highest BCUT2D eigenvalue weighted by Crippen LogP contribution is 2.27. The zero-order valence-electron chi connectivity index (χ0n) is 7.98. The molecule has 13 heavy (non-hydrogen) atoms. The number of hydrogen-bond donors (Lipinski definition) is 0. The molecule has 72 valence electrons. The van der Waals surface area contributed by atoms with E-state index >= 15 is 0 Å². The van der Waals surface area contributed by atoms with Crippen molar-refractivity contribution in [2.75, 3.05) is 5.33 Å². The summed E-state index contributed by atoms with van der Waals surface area (Å²) in [6.45, 7) is 4.53. The van der Waals surface area contributed by atoms with Crippen molar-refractivity contribution in [1.82, 2.24) is 0 Å². The van der Waals surface area contributed by atoms with Crippen molar-refractivity contribution in [3.63, 3.8) is 0 Å². The molecule has 0 atom stereocenters. The molecule has 0 N–H and O–H groups in total. The third-order valence-corrected chi connectivity index (χ3v) is 4.28. The first-order valence-corrected chi connectivity index (χ1v) is 6.26. The van der Waals surface area contributed by atoms with E-state index in [0.717, 1.165) is 11.8 Å². The van der Waals surface area contributed by atoms with E-state index in [1.165, 1.54) is 10.0 Å². The zero-order chi connectivity index (χ0) is 9.90. The highest BCUT2D eigenvalue weighted by atomic mass is 79.9. The smallest absolute Gasteiger partial charge is 0.0207 e. The van der Waals surface area contributed by atoms with Gasteiger partial charge in [0.15, 0.2) is 0 Å². The fraction of sp³-hybridized carbons (Fsp3) is 0.455. The topological polar surface area (TPSA) is 0 Å². The van der Waals surface area contributed by atoms with E-state index in [2.05, 4.69) is 70.0 Å². The van der Waals surface area contributed by atoms with Gasteiger partial charge >= 0.3 is 0 Å². The van der Waals surface area contributed by atoms with Crippen LogP contribution in [0.2, 0.25) is 0 Å². The molecule has 0 amide bonds. The molecule has 1 rings (SSSR count). The Kier molecular flexibility index (Phi) is 3.99. The van der Waals surface area contributed by atoms with Gasteiger partial charge in [-0.2, -0.15) is 0 Å². The number of hydrogen-bond acceptors (Lipinski definition) is 0. The van der Waals surface area contributed by atoms with Crippen molar-refractivity contribution < 1.29 is 0 Å². The van der Waals surface area contributed by atoms with Crippen molar-refractivity contribution in [2.24, 2.45) is 5.41 Å². The van der Waals surface area contributed by atoms with Gasteiger partial charge in [-0.25, -0.2) is 0 Å². The maximum atomic E-state index is 3.56. The van der Waals surface area contributed by atoms with Crippen molar-refractivity contribution in [3.05, 3.63) is 34.3 Å². The number of rotatable bonds is 3. The molecule has 0 nitrogen and oxygen atoms in total. The van der Waals surface area contributed by atoms with Crippen LogP contribution >= 0.6 is 31.9 Å². The van der Waals surface area contributed by atoms with Gasteiger partial charge in [-0.1, -0.05) is 63.9 Å². The monoisotopic (exact) mass is 304 g/mol. The zero-order valence-corrected chi connectivity index (χ0v) is 11.2. The minimum Gasteiger partial charge on any atom is -0.0922 e. The van der Waals surface area contributed by atoms with E-state index in [0.29, 0.717) is 5.41 Å². The molecule has 0 aliphatic rings. The Morgan fingerprint density at radius 1 is 1.23 bits per heavy atom. The molecular weight excluding hydrogens is 292 g/mol. The summed E-state index contributed by atoms with van der Waals surface area (Å²) in [6, 6.07) is 8.41. The summed E-state index contributed by atoms with van der Waals surface area (Å²) in [4.78, 5) is 0. The predicted octanol–water partition coefficient (Wildman–Crippen LogP) is 4.41. The molecular formula is C11H14Br2. The molecule has 0 spiro atoms. The van der Waals surface area contributed by atoms with Crippen molar-refractivity contribution in [2.45, 2.75) is 20.3 Å². The maximum absolute atomic E-state index is 3.56. The van der Waals surface area contributed by atoms with Crippen LogP contribution in [0, 0.1) is 5.41 Å². The number of benzene rings is 1. The second-order valence-electron chi connectivity index (χ2n) is 4.07. The predicted molar refractivity (Wildman–Crippen MR) is 65.4 cm³/mol. The van der Waals surface area contributed by atoms with Gasteiger partial charge in [-0.15, -0.1) is 0 Å². The van der Waals surface area contributed by atoms with Crippen molar-refractivity contribution in [1.29, 1.82) is 0 Å². The highest BCUT2D eigenvalue weighted by Gasteiger charge is 2.17. The Balaban J connectivity index is 2.80. The Bertz CT molecular complexity index is 279. The molecule has 0 aliphatic heterocycles. The first kappa shape index (κ1) is 11.3. The van der Waals surface area contributed by atoms with Crippen LogP contribution in [0.25, 0.3) is 0 Å². The Hall–Kier alpha value is 0.180. The molecule has 0 bridgehead atoms. The molecule has 0 unspecified atom stereocenters. The van der Waals surface area contributed by atoms with Gasteiger partial charge in [0.25, 0.3) is 0 Å². The van der Waals surface area contributed by atoms with E-state index in [-0.39, 0.29) is 0 Å². The Morgan fingerprint density at radius 3 is 2.38 bits per heavy atom. The maximum Gasteiger partial charge on any atom is 0.0207 e.